The number of hydrogen-bond acceptors (Lipinski definition) is 3. The van der Waals surface area contributed by atoms with E-state index in [9.17, 15) is 0 Å². The second-order valence-corrected chi connectivity index (χ2v) is 5.99. The van der Waals surface area contributed by atoms with Gasteiger partial charge in [0.15, 0.2) is 0 Å². The molecule has 0 saturated carbocycles. The quantitative estimate of drug-likeness (QED) is 0.507. The topological polar surface area (TPSA) is 48.5 Å². The van der Waals surface area contributed by atoms with Gasteiger partial charge < -0.3 is 4.57 Å². The van der Waals surface area contributed by atoms with E-state index in [-0.39, 0.29) is 0 Å². The van der Waals surface area contributed by atoms with Gasteiger partial charge in [-0.1, -0.05) is 30.3 Å². The first-order valence-corrected chi connectivity index (χ1v) is 8.16. The Balaban J connectivity index is 1.47. The Morgan fingerprint density at radius 3 is 2.20 bits per heavy atom. The molecule has 5 heteroatoms. The van der Waals surface area contributed by atoms with Gasteiger partial charge in [-0.05, 0) is 35.9 Å². The lowest BCUT2D eigenvalue weighted by Crippen LogP contribution is -2.01. The molecule has 2 aromatic carbocycles. The van der Waals surface area contributed by atoms with Crippen molar-refractivity contribution in [3.8, 4) is 5.82 Å². The van der Waals surface area contributed by atoms with Crippen LogP contribution in [0.3, 0.4) is 0 Å². The van der Waals surface area contributed by atoms with Crippen molar-refractivity contribution in [1.82, 2.24) is 24.1 Å². The summed E-state index contributed by atoms with van der Waals surface area (Å²) in [6.07, 6.45) is 5.61. The van der Waals surface area contributed by atoms with Gasteiger partial charge in [-0.2, -0.15) is 0 Å². The minimum absolute atomic E-state index is 0.748. The molecule has 5 rings (SSSR count). The zero-order valence-electron chi connectivity index (χ0n) is 13.4. The number of benzene rings is 2. The Bertz CT molecular complexity index is 1170. The maximum atomic E-state index is 4.62. The lowest BCUT2D eigenvalue weighted by atomic mass is 10.2. The lowest BCUT2D eigenvalue weighted by Gasteiger charge is -2.07. The fourth-order valence-electron chi connectivity index (χ4n) is 3.13. The minimum Gasteiger partial charge on any atom is -0.326 e. The number of pyridine rings is 1. The molecule has 0 aliphatic carbocycles. The Kier molecular flexibility index (Phi) is 3.10. The Morgan fingerprint density at radius 1 is 0.680 bits per heavy atom. The maximum absolute atomic E-state index is 4.62. The number of hydrogen-bond donors (Lipinski definition) is 0. The average molecular weight is 325 g/mol. The van der Waals surface area contributed by atoms with Gasteiger partial charge in [0.25, 0.3) is 0 Å². The van der Waals surface area contributed by atoms with E-state index in [1.807, 2.05) is 65.9 Å². The van der Waals surface area contributed by atoms with E-state index >= 15 is 0 Å². The molecule has 0 spiro atoms. The van der Waals surface area contributed by atoms with Gasteiger partial charge in [-0.15, -0.1) is 0 Å². The highest BCUT2D eigenvalue weighted by Crippen LogP contribution is 2.18. The Hall–Kier alpha value is -3.47. The van der Waals surface area contributed by atoms with Crippen LogP contribution in [0.1, 0.15) is 5.56 Å². The van der Waals surface area contributed by atoms with Crippen molar-refractivity contribution in [3.05, 3.63) is 85.1 Å². The highest BCUT2D eigenvalue weighted by molar-refractivity contribution is 5.77. The molecule has 0 unspecified atom stereocenters. The van der Waals surface area contributed by atoms with Crippen molar-refractivity contribution in [2.75, 3.05) is 0 Å². The van der Waals surface area contributed by atoms with Gasteiger partial charge in [-0.25, -0.2) is 15.0 Å². The molecular weight excluding hydrogens is 310 g/mol. The normalized spacial score (nSPS) is 11.4. The molecule has 5 nitrogen and oxygen atoms in total. The summed E-state index contributed by atoms with van der Waals surface area (Å²) in [7, 11) is 0. The molecule has 0 N–H and O–H groups in total. The van der Waals surface area contributed by atoms with E-state index in [0.717, 1.165) is 40.0 Å². The van der Waals surface area contributed by atoms with Crippen LogP contribution in [0, 0.1) is 0 Å². The first kappa shape index (κ1) is 13.9. The SMILES string of the molecule is c1ccc2c(c1)ncn2Cc1ccc(-n2cnc3ccccc32)nc1. The molecule has 0 radical (unpaired) electrons. The molecule has 0 aliphatic rings. The van der Waals surface area contributed by atoms with E-state index in [0.29, 0.717) is 0 Å². The minimum atomic E-state index is 0.748. The molecule has 0 saturated heterocycles. The summed E-state index contributed by atoms with van der Waals surface area (Å²) >= 11 is 0. The van der Waals surface area contributed by atoms with E-state index in [4.69, 9.17) is 0 Å². The molecule has 0 aliphatic heterocycles. The number of rotatable bonds is 3. The highest BCUT2D eigenvalue weighted by atomic mass is 15.1. The van der Waals surface area contributed by atoms with Gasteiger partial charge in [-0.3, -0.25) is 4.57 Å². The largest absolute Gasteiger partial charge is 0.326 e. The van der Waals surface area contributed by atoms with Gasteiger partial charge in [0.05, 0.1) is 34.9 Å². The summed E-state index contributed by atoms with van der Waals surface area (Å²) in [5.41, 5.74) is 5.31. The molecule has 3 heterocycles. The van der Waals surface area contributed by atoms with Crippen molar-refractivity contribution in [2.24, 2.45) is 0 Å². The monoisotopic (exact) mass is 325 g/mol. The van der Waals surface area contributed by atoms with E-state index in [1.165, 1.54) is 0 Å². The smallest absolute Gasteiger partial charge is 0.138 e. The van der Waals surface area contributed by atoms with E-state index in [1.54, 1.807) is 0 Å². The van der Waals surface area contributed by atoms with Crippen molar-refractivity contribution in [3.63, 3.8) is 0 Å². The van der Waals surface area contributed by atoms with Crippen molar-refractivity contribution in [2.45, 2.75) is 6.54 Å². The fraction of sp³-hybridized carbons (Fsp3) is 0.0500. The van der Waals surface area contributed by atoms with Crippen molar-refractivity contribution in [1.29, 1.82) is 0 Å². The zero-order valence-corrected chi connectivity index (χ0v) is 13.4. The van der Waals surface area contributed by atoms with Gasteiger partial charge >= 0.3 is 0 Å². The van der Waals surface area contributed by atoms with Crippen LogP contribution in [0.4, 0.5) is 0 Å². The molecule has 5 aromatic rings. The van der Waals surface area contributed by atoms with Crippen LogP contribution < -0.4 is 0 Å². The summed E-state index contributed by atoms with van der Waals surface area (Å²) in [4.78, 5) is 13.5. The predicted octanol–water partition coefficient (Wildman–Crippen LogP) is 3.82. The van der Waals surface area contributed by atoms with Crippen LogP contribution in [-0.4, -0.2) is 24.1 Å². The molecule has 120 valence electrons. The van der Waals surface area contributed by atoms with E-state index in [2.05, 4.69) is 37.7 Å². The number of aromatic nitrogens is 5. The van der Waals surface area contributed by atoms with Gasteiger partial charge in [0, 0.05) is 6.20 Å². The molecule has 3 aromatic heterocycles. The second-order valence-electron chi connectivity index (χ2n) is 5.99. The number of nitrogens with zero attached hydrogens (tertiary/aromatic N) is 5. The lowest BCUT2D eigenvalue weighted by molar-refractivity contribution is 0.817. The molecule has 0 amide bonds. The second kappa shape index (κ2) is 5.56. The molecule has 0 atom stereocenters. The third-order valence-corrected chi connectivity index (χ3v) is 4.39. The van der Waals surface area contributed by atoms with Crippen molar-refractivity contribution < 1.29 is 0 Å². The standard InChI is InChI=1S/C20H15N5/c1-3-7-18-16(5-1)22-13-24(18)12-15-9-10-20(21-11-15)25-14-23-17-6-2-4-8-19(17)25/h1-11,13-14H,12H2. The first-order valence-electron chi connectivity index (χ1n) is 8.16. The first-order chi connectivity index (χ1) is 12.4. The fourth-order valence-corrected chi connectivity index (χ4v) is 3.13. The van der Waals surface area contributed by atoms with Crippen LogP contribution in [-0.2, 0) is 6.54 Å². The predicted molar refractivity (Wildman–Crippen MR) is 97.7 cm³/mol. The third kappa shape index (κ3) is 2.37. The van der Waals surface area contributed by atoms with Gasteiger partial charge in [0.2, 0.25) is 0 Å². The van der Waals surface area contributed by atoms with Gasteiger partial charge in [0.1, 0.15) is 12.1 Å². The summed E-state index contributed by atoms with van der Waals surface area (Å²) in [5.74, 6) is 0.868. The maximum Gasteiger partial charge on any atom is 0.138 e. The molecular formula is C20H15N5. The Morgan fingerprint density at radius 2 is 1.40 bits per heavy atom. The highest BCUT2D eigenvalue weighted by Gasteiger charge is 2.06. The number of para-hydroxylation sites is 4. The Labute approximate surface area is 144 Å². The van der Waals surface area contributed by atoms with Crippen LogP contribution in [0.5, 0.6) is 0 Å². The summed E-state index contributed by atoms with van der Waals surface area (Å²) in [5, 5.41) is 0. The molecule has 0 bridgehead atoms. The average Bonchev–Trinajstić information content (AvgIpc) is 3.27. The summed E-state index contributed by atoms with van der Waals surface area (Å²) in [6, 6.07) is 20.3. The molecule has 25 heavy (non-hydrogen) atoms. The molecule has 0 fully saturated rings. The van der Waals surface area contributed by atoms with Crippen LogP contribution in [0.25, 0.3) is 27.9 Å². The van der Waals surface area contributed by atoms with Crippen LogP contribution in [0.2, 0.25) is 0 Å². The van der Waals surface area contributed by atoms with E-state index < -0.39 is 0 Å². The number of imidazole rings is 2. The van der Waals surface area contributed by atoms with Crippen molar-refractivity contribution >= 4 is 22.1 Å². The number of fused-ring (bicyclic) bond motifs is 2. The zero-order chi connectivity index (χ0) is 16.6. The third-order valence-electron chi connectivity index (χ3n) is 4.39. The van der Waals surface area contributed by atoms with Crippen LogP contribution in [0.15, 0.2) is 79.5 Å². The summed E-state index contributed by atoms with van der Waals surface area (Å²) in [6.45, 7) is 0.748. The van der Waals surface area contributed by atoms with Crippen LogP contribution >= 0.6 is 0 Å². The summed E-state index contributed by atoms with van der Waals surface area (Å²) < 4.78 is 4.14.